The van der Waals surface area contributed by atoms with Gasteiger partial charge in [-0.2, -0.15) is 0 Å². The predicted octanol–water partition coefficient (Wildman–Crippen LogP) is 10.6. The van der Waals surface area contributed by atoms with Crippen molar-refractivity contribution in [1.29, 1.82) is 0 Å². The van der Waals surface area contributed by atoms with E-state index in [1.54, 1.807) is 6.08 Å². The Morgan fingerprint density at radius 3 is 1.66 bits per heavy atom. The lowest BCUT2D eigenvalue weighted by Gasteiger charge is -2.24. The van der Waals surface area contributed by atoms with E-state index >= 15 is 0 Å². The second-order valence-electron chi connectivity index (χ2n) is 13.3. The van der Waals surface area contributed by atoms with Gasteiger partial charge in [-0.3, -0.25) is 4.79 Å². The molecule has 5 atom stereocenters. The molecule has 41 heavy (non-hydrogen) atoms. The molecule has 0 fully saturated rings. The summed E-state index contributed by atoms with van der Waals surface area (Å²) in [6, 6.07) is 0. The number of carbonyl (C=O) groups excluding carboxylic acids is 1. The molecule has 0 saturated carbocycles. The second kappa shape index (κ2) is 23.1. The van der Waals surface area contributed by atoms with Gasteiger partial charge >= 0.3 is 0 Å². The van der Waals surface area contributed by atoms with E-state index in [1.807, 2.05) is 12.2 Å². The monoisotopic (exact) mass is 571 g/mol. The molecule has 236 valence electrons. The van der Waals surface area contributed by atoms with E-state index in [0.29, 0.717) is 11.7 Å². The highest BCUT2D eigenvalue weighted by atomic mass is 16.3. The highest BCUT2D eigenvalue weighted by Gasteiger charge is 2.19. The highest BCUT2D eigenvalue weighted by Crippen LogP contribution is 2.29. The van der Waals surface area contributed by atoms with Gasteiger partial charge in [-0.05, 0) is 96.0 Å². The van der Waals surface area contributed by atoms with Crippen LogP contribution < -0.4 is 0 Å². The van der Waals surface area contributed by atoms with Gasteiger partial charge in [0, 0.05) is 6.42 Å². The van der Waals surface area contributed by atoms with Gasteiger partial charge in [0.15, 0.2) is 5.78 Å². The van der Waals surface area contributed by atoms with Gasteiger partial charge in [0.2, 0.25) is 0 Å². The molecular weight excluding hydrogens is 504 g/mol. The molecule has 0 aromatic heterocycles. The number of rotatable bonds is 13. The topological polar surface area (TPSA) is 57.5 Å². The Morgan fingerprint density at radius 2 is 1.17 bits per heavy atom. The van der Waals surface area contributed by atoms with Crippen molar-refractivity contribution in [3.63, 3.8) is 0 Å². The molecule has 0 saturated heterocycles. The Balaban J connectivity index is 0.000000308. The minimum atomic E-state index is -0.167. The van der Waals surface area contributed by atoms with Crippen molar-refractivity contribution >= 4 is 5.78 Å². The summed E-state index contributed by atoms with van der Waals surface area (Å²) in [6.45, 7) is 13.0. The Labute approximate surface area is 254 Å². The van der Waals surface area contributed by atoms with Crippen LogP contribution in [0.2, 0.25) is 0 Å². The molecule has 5 unspecified atom stereocenters. The summed E-state index contributed by atoms with van der Waals surface area (Å²) in [5.41, 5.74) is 4.01. The van der Waals surface area contributed by atoms with Gasteiger partial charge in [-0.1, -0.05) is 120 Å². The molecule has 3 aliphatic rings. The minimum absolute atomic E-state index is 0.166. The molecule has 3 aliphatic carbocycles. The zero-order valence-electron chi connectivity index (χ0n) is 27.8. The van der Waals surface area contributed by atoms with Crippen molar-refractivity contribution in [2.45, 2.75) is 169 Å². The SMILES string of the molecule is CC/C=C\CCC1CC(=O)C=C(C)C1.CCCCCC1CC(C)=CC(O)C1.CCCCCCC1CC(C)=CC(O)C1. The average molecular weight is 571 g/mol. The quantitative estimate of drug-likeness (QED) is 0.171. The van der Waals surface area contributed by atoms with Crippen LogP contribution in [-0.2, 0) is 4.79 Å². The molecule has 3 nitrogen and oxygen atoms in total. The minimum Gasteiger partial charge on any atom is -0.389 e. The molecular formula is C38H66O3. The number of aliphatic hydroxyl groups excluding tert-OH is 2. The van der Waals surface area contributed by atoms with E-state index in [4.69, 9.17) is 0 Å². The van der Waals surface area contributed by atoms with Crippen LogP contribution >= 0.6 is 0 Å². The Kier molecular flexibility index (Phi) is 21.1. The fraction of sp³-hybridized carbons (Fsp3) is 0.763. The Hall–Kier alpha value is -1.45. The van der Waals surface area contributed by atoms with Gasteiger partial charge in [-0.25, -0.2) is 0 Å². The Morgan fingerprint density at radius 1 is 0.659 bits per heavy atom. The molecule has 0 spiro atoms. The first kappa shape index (κ1) is 37.6. The summed E-state index contributed by atoms with van der Waals surface area (Å²) in [6.07, 6.45) is 31.6. The zero-order chi connectivity index (χ0) is 30.5. The van der Waals surface area contributed by atoms with Gasteiger partial charge in [0.25, 0.3) is 0 Å². The van der Waals surface area contributed by atoms with E-state index in [0.717, 1.165) is 56.8 Å². The largest absolute Gasteiger partial charge is 0.389 e. The maximum Gasteiger partial charge on any atom is 0.155 e. The third-order valence-electron chi connectivity index (χ3n) is 8.66. The summed E-state index contributed by atoms with van der Waals surface area (Å²) >= 11 is 0. The first-order valence-corrected chi connectivity index (χ1v) is 17.2. The maximum atomic E-state index is 11.3. The molecule has 3 heteroatoms. The van der Waals surface area contributed by atoms with Gasteiger partial charge < -0.3 is 10.2 Å². The summed E-state index contributed by atoms with van der Waals surface area (Å²) in [5, 5.41) is 19.1. The number of carbonyl (C=O) groups is 1. The molecule has 3 rings (SSSR count). The van der Waals surface area contributed by atoms with E-state index in [1.165, 1.54) is 87.3 Å². The summed E-state index contributed by atoms with van der Waals surface area (Å²) in [4.78, 5) is 11.3. The standard InChI is InChI=1S/C13H24O.C13H20O.C12H22O/c2*1-3-4-5-6-7-12-8-11(2)9-13(14)10-12;1-3-4-5-6-11-7-10(2)8-12(13)9-11/h9,12-14H,3-8,10H2,1-2H3;4-5,9,12H,3,6-8,10H2,1-2H3;8,11-13H,3-7,9H2,1-2H3/b;5-4-;. The van der Waals surface area contributed by atoms with Gasteiger partial charge in [0.05, 0.1) is 12.2 Å². The molecule has 0 amide bonds. The van der Waals surface area contributed by atoms with Crippen molar-refractivity contribution in [3.05, 3.63) is 47.1 Å². The lowest BCUT2D eigenvalue weighted by molar-refractivity contribution is -0.116. The lowest BCUT2D eigenvalue weighted by Crippen LogP contribution is -2.17. The van der Waals surface area contributed by atoms with Crippen LogP contribution in [0.4, 0.5) is 0 Å². The smallest absolute Gasteiger partial charge is 0.155 e. The third-order valence-corrected chi connectivity index (χ3v) is 8.66. The fourth-order valence-electron chi connectivity index (χ4n) is 6.70. The zero-order valence-corrected chi connectivity index (χ0v) is 27.8. The number of unbranched alkanes of at least 4 members (excludes halogenated alkanes) is 5. The van der Waals surface area contributed by atoms with Crippen molar-refractivity contribution in [3.8, 4) is 0 Å². The molecule has 0 aromatic rings. The van der Waals surface area contributed by atoms with Crippen LogP contribution in [0.3, 0.4) is 0 Å². The first-order valence-electron chi connectivity index (χ1n) is 17.2. The third kappa shape index (κ3) is 19.4. The fourth-order valence-corrected chi connectivity index (χ4v) is 6.70. The summed E-state index contributed by atoms with van der Waals surface area (Å²) < 4.78 is 0. The van der Waals surface area contributed by atoms with Crippen LogP contribution in [0, 0.1) is 17.8 Å². The van der Waals surface area contributed by atoms with E-state index in [9.17, 15) is 15.0 Å². The van der Waals surface area contributed by atoms with Crippen LogP contribution in [0.1, 0.15) is 157 Å². The predicted molar refractivity (Wildman–Crippen MR) is 178 cm³/mol. The van der Waals surface area contributed by atoms with Crippen molar-refractivity contribution < 1.29 is 15.0 Å². The number of ketones is 1. The molecule has 0 aliphatic heterocycles. The maximum absolute atomic E-state index is 11.3. The number of hydrogen-bond acceptors (Lipinski definition) is 3. The van der Waals surface area contributed by atoms with E-state index in [2.05, 4.69) is 53.7 Å². The second-order valence-corrected chi connectivity index (χ2v) is 13.3. The highest BCUT2D eigenvalue weighted by molar-refractivity contribution is 5.91. The van der Waals surface area contributed by atoms with Crippen LogP contribution in [0.15, 0.2) is 47.1 Å². The summed E-state index contributed by atoms with van der Waals surface area (Å²) in [5.74, 6) is 2.39. The Bertz CT molecular complexity index is 817. The molecule has 0 bridgehead atoms. The first-order chi connectivity index (χ1) is 19.7. The normalized spacial score (nSPS) is 26.3. The van der Waals surface area contributed by atoms with Crippen molar-refractivity contribution in [2.24, 2.45) is 17.8 Å². The van der Waals surface area contributed by atoms with Crippen molar-refractivity contribution in [2.75, 3.05) is 0 Å². The van der Waals surface area contributed by atoms with Gasteiger partial charge in [-0.15, -0.1) is 0 Å². The summed E-state index contributed by atoms with van der Waals surface area (Å²) in [7, 11) is 0. The van der Waals surface area contributed by atoms with Crippen molar-refractivity contribution in [1.82, 2.24) is 0 Å². The number of allylic oxidation sites excluding steroid dienone is 6. The van der Waals surface area contributed by atoms with E-state index in [-0.39, 0.29) is 12.2 Å². The number of aliphatic hydroxyl groups is 2. The van der Waals surface area contributed by atoms with Crippen LogP contribution in [0.5, 0.6) is 0 Å². The molecule has 0 aromatic carbocycles. The molecule has 0 radical (unpaired) electrons. The van der Waals surface area contributed by atoms with Crippen LogP contribution in [0.25, 0.3) is 0 Å². The molecule has 2 N–H and O–H groups in total. The lowest BCUT2D eigenvalue weighted by atomic mass is 9.84. The van der Waals surface area contributed by atoms with Gasteiger partial charge in [0.1, 0.15) is 0 Å². The molecule has 0 heterocycles. The van der Waals surface area contributed by atoms with E-state index < -0.39 is 0 Å². The average Bonchev–Trinajstić information content (AvgIpc) is 2.89. The number of hydrogen-bond donors (Lipinski definition) is 2. The van der Waals surface area contributed by atoms with Crippen LogP contribution in [-0.4, -0.2) is 28.2 Å².